The number of nitrogens with zero attached hydrogens (tertiary/aromatic N) is 3. The second-order valence-electron chi connectivity index (χ2n) is 4.42. The molecule has 0 radical (unpaired) electrons. The molecular formula is C13H19N5O2. The number of fused-ring (bicyclic) bond motifs is 1. The molecule has 0 aliphatic heterocycles. The summed E-state index contributed by atoms with van der Waals surface area (Å²) >= 11 is 0. The highest BCUT2D eigenvalue weighted by atomic mass is 16.5. The molecule has 7 nitrogen and oxygen atoms in total. The maximum absolute atomic E-state index is 12.0. The van der Waals surface area contributed by atoms with Crippen LogP contribution in [0.3, 0.4) is 0 Å². The standard InChI is InChI=1S/C13H19N5O2/c1-18-12-4-3-10(9-11(12)16-17-18)13(19)15-6-5-14-7-8-20-2/h3-4,9,14H,5-8H2,1-2H3,(H,15,19). The minimum Gasteiger partial charge on any atom is -0.383 e. The topological polar surface area (TPSA) is 81.1 Å². The lowest BCUT2D eigenvalue weighted by molar-refractivity contribution is 0.0954. The molecule has 0 bridgehead atoms. The van der Waals surface area contributed by atoms with Crippen LogP contribution in [0.15, 0.2) is 18.2 Å². The molecular weight excluding hydrogens is 258 g/mol. The molecule has 1 heterocycles. The van der Waals surface area contributed by atoms with Gasteiger partial charge < -0.3 is 15.4 Å². The molecule has 0 saturated carbocycles. The van der Waals surface area contributed by atoms with Crippen LogP contribution in [0, 0.1) is 0 Å². The number of hydrogen-bond acceptors (Lipinski definition) is 5. The highest BCUT2D eigenvalue weighted by molar-refractivity contribution is 5.97. The first-order chi connectivity index (χ1) is 9.72. The van der Waals surface area contributed by atoms with Crippen molar-refractivity contribution in [2.75, 3.05) is 33.4 Å². The SMILES string of the molecule is COCCNCCNC(=O)c1ccc2c(c1)nnn2C. The third-order valence-corrected chi connectivity index (χ3v) is 2.94. The first kappa shape index (κ1) is 14.4. The molecule has 1 aromatic carbocycles. The first-order valence-electron chi connectivity index (χ1n) is 6.49. The van der Waals surface area contributed by atoms with E-state index in [2.05, 4.69) is 20.9 Å². The van der Waals surface area contributed by atoms with E-state index in [1.165, 1.54) is 0 Å². The summed E-state index contributed by atoms with van der Waals surface area (Å²) in [6.07, 6.45) is 0. The molecule has 20 heavy (non-hydrogen) atoms. The molecule has 1 aromatic heterocycles. The summed E-state index contributed by atoms with van der Waals surface area (Å²) in [6.45, 7) is 2.72. The number of ether oxygens (including phenoxy) is 1. The minimum atomic E-state index is -0.105. The van der Waals surface area contributed by atoms with E-state index in [9.17, 15) is 4.79 Å². The van der Waals surface area contributed by atoms with Gasteiger partial charge in [0.05, 0.1) is 12.1 Å². The predicted octanol–water partition coefficient (Wildman–Crippen LogP) is -0.0659. The Hall–Kier alpha value is -1.99. The van der Waals surface area contributed by atoms with Crippen LogP contribution in [-0.4, -0.2) is 54.3 Å². The maximum Gasteiger partial charge on any atom is 0.251 e. The van der Waals surface area contributed by atoms with Crippen molar-refractivity contribution in [3.63, 3.8) is 0 Å². The Morgan fingerprint density at radius 1 is 1.35 bits per heavy atom. The number of carbonyl (C=O) groups is 1. The van der Waals surface area contributed by atoms with Crippen LogP contribution in [0.4, 0.5) is 0 Å². The molecule has 0 aliphatic rings. The van der Waals surface area contributed by atoms with Crippen molar-refractivity contribution in [3.05, 3.63) is 23.8 Å². The fourth-order valence-electron chi connectivity index (χ4n) is 1.85. The Kier molecular flexibility index (Phi) is 5.03. The molecule has 0 aliphatic carbocycles. The first-order valence-corrected chi connectivity index (χ1v) is 6.49. The van der Waals surface area contributed by atoms with Crippen LogP contribution in [0.5, 0.6) is 0 Å². The largest absolute Gasteiger partial charge is 0.383 e. The summed E-state index contributed by atoms with van der Waals surface area (Å²) in [5, 5.41) is 13.9. The third kappa shape index (κ3) is 3.52. The van der Waals surface area contributed by atoms with Crippen molar-refractivity contribution in [1.29, 1.82) is 0 Å². The van der Waals surface area contributed by atoms with Gasteiger partial charge in [-0.15, -0.1) is 5.10 Å². The molecule has 0 atom stereocenters. The van der Waals surface area contributed by atoms with Crippen LogP contribution in [0.1, 0.15) is 10.4 Å². The molecule has 1 amide bonds. The highest BCUT2D eigenvalue weighted by Gasteiger charge is 2.08. The van der Waals surface area contributed by atoms with Gasteiger partial charge in [-0.2, -0.15) is 0 Å². The van der Waals surface area contributed by atoms with Crippen molar-refractivity contribution in [1.82, 2.24) is 25.6 Å². The number of nitrogens with one attached hydrogen (secondary N) is 2. The third-order valence-electron chi connectivity index (χ3n) is 2.94. The van der Waals surface area contributed by atoms with Crippen molar-refractivity contribution in [2.24, 2.45) is 7.05 Å². The lowest BCUT2D eigenvalue weighted by Gasteiger charge is -2.06. The number of hydrogen-bond donors (Lipinski definition) is 2. The van der Waals surface area contributed by atoms with Crippen LogP contribution in [-0.2, 0) is 11.8 Å². The van der Waals surface area contributed by atoms with Crippen molar-refractivity contribution >= 4 is 16.9 Å². The van der Waals surface area contributed by atoms with Gasteiger partial charge in [-0.3, -0.25) is 4.79 Å². The summed E-state index contributed by atoms with van der Waals surface area (Å²) in [4.78, 5) is 12.0. The van der Waals surface area contributed by atoms with E-state index in [-0.39, 0.29) is 5.91 Å². The number of amides is 1. The van der Waals surface area contributed by atoms with E-state index in [1.54, 1.807) is 23.9 Å². The van der Waals surface area contributed by atoms with Gasteiger partial charge in [0.15, 0.2) is 0 Å². The fraction of sp³-hybridized carbons (Fsp3) is 0.462. The van der Waals surface area contributed by atoms with E-state index >= 15 is 0 Å². The summed E-state index contributed by atoms with van der Waals surface area (Å²) < 4.78 is 6.59. The zero-order chi connectivity index (χ0) is 14.4. The summed E-state index contributed by atoms with van der Waals surface area (Å²) in [5.74, 6) is -0.105. The van der Waals surface area contributed by atoms with Gasteiger partial charge in [-0.05, 0) is 18.2 Å². The Morgan fingerprint density at radius 2 is 2.20 bits per heavy atom. The number of aryl methyl sites for hydroxylation is 1. The zero-order valence-corrected chi connectivity index (χ0v) is 11.7. The van der Waals surface area contributed by atoms with E-state index in [0.29, 0.717) is 25.3 Å². The summed E-state index contributed by atoms with van der Waals surface area (Å²) in [5.41, 5.74) is 2.22. The van der Waals surface area contributed by atoms with Crippen LogP contribution in [0.2, 0.25) is 0 Å². The molecule has 2 rings (SSSR count). The van der Waals surface area contributed by atoms with E-state index in [1.807, 2.05) is 13.1 Å². The second-order valence-corrected chi connectivity index (χ2v) is 4.42. The van der Waals surface area contributed by atoms with E-state index in [4.69, 9.17) is 4.74 Å². The monoisotopic (exact) mass is 277 g/mol. The van der Waals surface area contributed by atoms with Gasteiger partial charge in [-0.25, -0.2) is 4.68 Å². The highest BCUT2D eigenvalue weighted by Crippen LogP contribution is 2.12. The van der Waals surface area contributed by atoms with Gasteiger partial charge >= 0.3 is 0 Å². The summed E-state index contributed by atoms with van der Waals surface area (Å²) in [7, 11) is 3.48. The smallest absolute Gasteiger partial charge is 0.251 e. The predicted molar refractivity (Wildman–Crippen MR) is 75.6 cm³/mol. The number of aromatic nitrogens is 3. The van der Waals surface area contributed by atoms with Gasteiger partial charge in [0.2, 0.25) is 0 Å². The second kappa shape index (κ2) is 6.97. The Bertz CT molecular complexity index is 581. The van der Waals surface area contributed by atoms with Crippen LogP contribution < -0.4 is 10.6 Å². The molecule has 108 valence electrons. The molecule has 2 aromatic rings. The normalized spacial score (nSPS) is 10.9. The Labute approximate surface area is 117 Å². The minimum absolute atomic E-state index is 0.105. The number of rotatable bonds is 7. The molecule has 0 saturated heterocycles. The van der Waals surface area contributed by atoms with Crippen molar-refractivity contribution in [3.8, 4) is 0 Å². The molecule has 0 spiro atoms. The van der Waals surface area contributed by atoms with Crippen LogP contribution in [0.25, 0.3) is 11.0 Å². The van der Waals surface area contributed by atoms with Gasteiger partial charge in [0.1, 0.15) is 5.52 Å². The molecule has 0 unspecified atom stereocenters. The van der Waals surface area contributed by atoms with E-state index in [0.717, 1.165) is 17.6 Å². The molecule has 0 fully saturated rings. The lowest BCUT2D eigenvalue weighted by atomic mass is 10.2. The van der Waals surface area contributed by atoms with Crippen molar-refractivity contribution in [2.45, 2.75) is 0 Å². The fourth-order valence-corrected chi connectivity index (χ4v) is 1.85. The number of benzene rings is 1. The van der Waals surface area contributed by atoms with Crippen LogP contribution >= 0.6 is 0 Å². The van der Waals surface area contributed by atoms with Gasteiger partial charge in [0, 0.05) is 39.4 Å². The number of methoxy groups -OCH3 is 1. The van der Waals surface area contributed by atoms with Gasteiger partial charge in [-0.1, -0.05) is 5.21 Å². The van der Waals surface area contributed by atoms with Crippen molar-refractivity contribution < 1.29 is 9.53 Å². The average Bonchev–Trinajstić information content (AvgIpc) is 2.83. The molecule has 7 heteroatoms. The quantitative estimate of drug-likeness (QED) is 0.693. The number of carbonyl (C=O) groups excluding carboxylic acids is 1. The molecule has 2 N–H and O–H groups in total. The van der Waals surface area contributed by atoms with E-state index < -0.39 is 0 Å². The lowest BCUT2D eigenvalue weighted by Crippen LogP contribution is -2.33. The Morgan fingerprint density at radius 3 is 3.00 bits per heavy atom. The zero-order valence-electron chi connectivity index (χ0n) is 11.7. The maximum atomic E-state index is 12.0. The van der Waals surface area contributed by atoms with Gasteiger partial charge in [0.25, 0.3) is 5.91 Å². The average molecular weight is 277 g/mol. The summed E-state index contributed by atoms with van der Waals surface area (Å²) in [6, 6.07) is 5.37. The Balaban J connectivity index is 1.84.